The summed E-state index contributed by atoms with van der Waals surface area (Å²) in [4.78, 5) is 18.1. The van der Waals surface area contributed by atoms with Crippen LogP contribution in [-0.4, -0.2) is 25.4 Å². The Morgan fingerprint density at radius 3 is 2.37 bits per heavy atom. The van der Waals surface area contributed by atoms with E-state index in [2.05, 4.69) is 12.2 Å². The molecule has 8 heteroatoms. The molecule has 3 atom stereocenters. The molecule has 2 fully saturated rings. The van der Waals surface area contributed by atoms with Crippen LogP contribution in [0.15, 0.2) is 65.6 Å². The first-order valence-corrected chi connectivity index (χ1v) is 13.3. The van der Waals surface area contributed by atoms with Crippen molar-refractivity contribution in [1.29, 1.82) is 0 Å². The van der Waals surface area contributed by atoms with E-state index in [4.69, 9.17) is 4.98 Å². The molecule has 4 aliphatic rings. The quantitative estimate of drug-likeness (QED) is 0.564. The summed E-state index contributed by atoms with van der Waals surface area (Å²) in [6.45, 7) is 4.01. The third kappa shape index (κ3) is 3.45. The van der Waals surface area contributed by atoms with Crippen molar-refractivity contribution in [3.05, 3.63) is 89.0 Å². The molecular formula is C27H26FN3O3S. The van der Waals surface area contributed by atoms with Gasteiger partial charge in [0.25, 0.3) is 15.9 Å². The van der Waals surface area contributed by atoms with Gasteiger partial charge >= 0.3 is 0 Å². The van der Waals surface area contributed by atoms with Crippen molar-refractivity contribution in [3.63, 3.8) is 0 Å². The number of hydrogen-bond donors (Lipinski definition) is 1. The molecule has 2 bridgehead atoms. The van der Waals surface area contributed by atoms with Gasteiger partial charge in [-0.3, -0.25) is 14.1 Å². The lowest BCUT2D eigenvalue weighted by Crippen LogP contribution is -2.57. The molecule has 0 radical (unpaired) electrons. The van der Waals surface area contributed by atoms with Crippen LogP contribution < -0.4 is 9.62 Å². The SMILES string of the molecule is Cc1ccc(S(=O)(=O)N2c3ccc(C4(NC(=O)c5ccc(F)cc5)CC4)nc3C3CC2C3C)cc1. The molecule has 1 aromatic heterocycles. The van der Waals surface area contributed by atoms with Crippen LogP contribution in [0.5, 0.6) is 0 Å². The molecule has 3 aromatic rings. The molecule has 3 heterocycles. The van der Waals surface area contributed by atoms with Gasteiger partial charge in [0.2, 0.25) is 0 Å². The van der Waals surface area contributed by atoms with Crippen LogP contribution in [0.2, 0.25) is 0 Å². The number of amides is 1. The van der Waals surface area contributed by atoms with E-state index in [1.54, 1.807) is 16.4 Å². The molecule has 2 aliphatic carbocycles. The Labute approximate surface area is 204 Å². The van der Waals surface area contributed by atoms with Crippen molar-refractivity contribution in [2.24, 2.45) is 5.92 Å². The number of hydrogen-bond acceptors (Lipinski definition) is 4. The zero-order valence-corrected chi connectivity index (χ0v) is 20.3. The molecule has 2 aliphatic heterocycles. The van der Waals surface area contributed by atoms with Crippen LogP contribution in [0, 0.1) is 18.7 Å². The maximum atomic E-state index is 13.7. The number of nitrogens with one attached hydrogen (secondary N) is 1. The highest BCUT2D eigenvalue weighted by Crippen LogP contribution is 2.56. The first kappa shape index (κ1) is 22.2. The molecule has 35 heavy (non-hydrogen) atoms. The van der Waals surface area contributed by atoms with Crippen LogP contribution in [0.25, 0.3) is 0 Å². The van der Waals surface area contributed by atoms with Crippen LogP contribution in [0.4, 0.5) is 10.1 Å². The lowest BCUT2D eigenvalue weighted by atomic mass is 9.65. The Morgan fingerprint density at radius 2 is 1.74 bits per heavy atom. The molecule has 7 rings (SSSR count). The average molecular weight is 492 g/mol. The fourth-order valence-corrected chi connectivity index (χ4v) is 7.15. The number of aromatic nitrogens is 1. The summed E-state index contributed by atoms with van der Waals surface area (Å²) in [7, 11) is -3.73. The summed E-state index contributed by atoms with van der Waals surface area (Å²) in [5.41, 5.74) is 2.98. The van der Waals surface area contributed by atoms with Gasteiger partial charge in [-0.2, -0.15) is 0 Å². The highest BCUT2D eigenvalue weighted by atomic mass is 32.2. The smallest absolute Gasteiger partial charge is 0.264 e. The van der Waals surface area contributed by atoms with Crippen molar-refractivity contribution >= 4 is 21.6 Å². The minimum atomic E-state index is -3.73. The third-order valence-corrected chi connectivity index (χ3v) is 9.66. The second kappa shape index (κ2) is 7.62. The molecule has 1 amide bonds. The molecule has 1 N–H and O–H groups in total. The summed E-state index contributed by atoms with van der Waals surface area (Å²) >= 11 is 0. The maximum Gasteiger partial charge on any atom is 0.264 e. The van der Waals surface area contributed by atoms with Gasteiger partial charge in [-0.05, 0) is 80.6 Å². The lowest BCUT2D eigenvalue weighted by Gasteiger charge is -2.54. The zero-order chi connectivity index (χ0) is 24.5. The Balaban J connectivity index is 1.34. The number of halogens is 1. The lowest BCUT2D eigenvalue weighted by molar-refractivity contribution is 0.0929. The molecule has 6 nitrogen and oxygen atoms in total. The third-order valence-electron chi connectivity index (χ3n) is 7.81. The predicted molar refractivity (Wildman–Crippen MR) is 130 cm³/mol. The van der Waals surface area contributed by atoms with Crippen molar-refractivity contribution in [3.8, 4) is 0 Å². The summed E-state index contributed by atoms with van der Waals surface area (Å²) in [6, 6.07) is 16.0. The maximum absolute atomic E-state index is 13.7. The van der Waals surface area contributed by atoms with E-state index in [1.165, 1.54) is 24.3 Å². The highest BCUT2D eigenvalue weighted by molar-refractivity contribution is 7.92. The number of benzene rings is 2. The fraction of sp³-hybridized carbons (Fsp3) is 0.333. The molecule has 180 valence electrons. The second-order valence-corrected chi connectivity index (χ2v) is 11.8. The minimum absolute atomic E-state index is 0.0838. The second-order valence-electron chi connectivity index (χ2n) is 10.0. The number of pyridine rings is 1. The number of rotatable bonds is 5. The van der Waals surface area contributed by atoms with Gasteiger partial charge in [-0.15, -0.1) is 0 Å². The van der Waals surface area contributed by atoms with E-state index in [1.807, 2.05) is 31.2 Å². The van der Waals surface area contributed by atoms with E-state index in [9.17, 15) is 17.6 Å². The Bertz CT molecular complexity index is 1430. The zero-order valence-electron chi connectivity index (χ0n) is 19.5. The minimum Gasteiger partial charge on any atom is -0.341 e. The van der Waals surface area contributed by atoms with E-state index in [0.717, 1.165) is 36.2 Å². The van der Waals surface area contributed by atoms with Crippen molar-refractivity contribution in [1.82, 2.24) is 10.3 Å². The number of aryl methyl sites for hydroxylation is 1. The number of carbonyl (C=O) groups excluding carboxylic acids is 1. The molecule has 2 aromatic carbocycles. The van der Waals surface area contributed by atoms with Crippen LogP contribution >= 0.6 is 0 Å². The van der Waals surface area contributed by atoms with Crippen LogP contribution in [0.1, 0.15) is 59.4 Å². The van der Waals surface area contributed by atoms with Gasteiger partial charge in [0.15, 0.2) is 0 Å². The van der Waals surface area contributed by atoms with Crippen molar-refractivity contribution in [2.75, 3.05) is 4.31 Å². The number of sulfonamides is 1. The standard InChI is InChI=1S/C27H26FN3O3S/c1-16-3-9-20(10-4-16)35(33,34)31-22-11-12-24(29-25(22)21-15-23(31)17(21)2)27(13-14-27)30-26(32)18-5-7-19(28)8-6-18/h3-12,17,21,23H,13-15H2,1-2H3,(H,30,32). The van der Waals surface area contributed by atoms with E-state index in [-0.39, 0.29) is 28.7 Å². The van der Waals surface area contributed by atoms with Crippen molar-refractivity contribution < 1.29 is 17.6 Å². The first-order valence-electron chi connectivity index (χ1n) is 11.9. The van der Waals surface area contributed by atoms with Gasteiger partial charge < -0.3 is 5.32 Å². The highest BCUT2D eigenvalue weighted by Gasteiger charge is 2.54. The molecule has 2 saturated carbocycles. The van der Waals surface area contributed by atoms with Crippen molar-refractivity contribution in [2.45, 2.75) is 55.5 Å². The van der Waals surface area contributed by atoms with Crippen LogP contribution in [-0.2, 0) is 15.6 Å². The summed E-state index contributed by atoms with van der Waals surface area (Å²) in [6.07, 6.45) is 2.24. The van der Waals surface area contributed by atoms with Gasteiger partial charge in [0.1, 0.15) is 5.82 Å². The van der Waals surface area contributed by atoms with E-state index in [0.29, 0.717) is 11.3 Å². The fourth-order valence-electron chi connectivity index (χ4n) is 5.40. The molecule has 3 unspecified atom stereocenters. The Hall–Kier alpha value is -3.26. The Morgan fingerprint density at radius 1 is 1.06 bits per heavy atom. The summed E-state index contributed by atoms with van der Waals surface area (Å²) in [5, 5.41) is 3.08. The first-order chi connectivity index (χ1) is 16.7. The number of carbonyl (C=O) groups is 1. The van der Waals surface area contributed by atoms with E-state index >= 15 is 0 Å². The molecular weight excluding hydrogens is 465 g/mol. The normalized spacial score (nSPS) is 23.7. The van der Waals surface area contributed by atoms with Gasteiger partial charge in [-0.1, -0.05) is 24.6 Å². The number of nitrogens with zero attached hydrogens (tertiary/aromatic N) is 2. The Kier molecular flexibility index (Phi) is 4.84. The predicted octanol–water partition coefficient (Wildman–Crippen LogP) is 4.65. The monoisotopic (exact) mass is 491 g/mol. The summed E-state index contributed by atoms with van der Waals surface area (Å²) in [5.74, 6) is -0.308. The largest absolute Gasteiger partial charge is 0.341 e. The van der Waals surface area contributed by atoms with E-state index < -0.39 is 21.4 Å². The number of anilines is 1. The average Bonchev–Trinajstić information content (AvgIpc) is 3.63. The van der Waals surface area contributed by atoms with Gasteiger partial charge in [-0.25, -0.2) is 12.8 Å². The molecule has 0 saturated heterocycles. The summed E-state index contributed by atoms with van der Waals surface area (Å²) < 4.78 is 42.2. The van der Waals surface area contributed by atoms with Gasteiger partial charge in [0.05, 0.1) is 27.5 Å². The molecule has 0 spiro atoms. The topological polar surface area (TPSA) is 79.4 Å². The van der Waals surface area contributed by atoms with Gasteiger partial charge in [0, 0.05) is 17.5 Å². The van der Waals surface area contributed by atoms with Crippen LogP contribution in [0.3, 0.4) is 0 Å².